The summed E-state index contributed by atoms with van der Waals surface area (Å²) >= 11 is 0. The van der Waals surface area contributed by atoms with E-state index < -0.39 is 29.8 Å². The minimum absolute atomic E-state index is 0.112. The molecule has 4 fully saturated rings. The zero-order valence-electron chi connectivity index (χ0n) is 56.2. The van der Waals surface area contributed by atoms with E-state index in [1.807, 2.05) is 0 Å². The molecule has 0 aromatic rings. The maximum absolute atomic E-state index is 11.4. The van der Waals surface area contributed by atoms with E-state index in [0.29, 0.717) is 49.9 Å². The Morgan fingerprint density at radius 1 is 0.318 bits per heavy atom. The lowest BCUT2D eigenvalue weighted by Crippen LogP contribution is -2.50. The Kier molecular flexibility index (Phi) is 38.1. The van der Waals surface area contributed by atoms with Crippen LogP contribution in [0.4, 0.5) is 0 Å². The number of nitrogens with zero attached hydrogens (tertiary/aromatic N) is 12. The summed E-state index contributed by atoms with van der Waals surface area (Å²) in [6, 6.07) is 0. The molecule has 4 rings (SSSR count). The number of β-amino-alcohol motifs (C(OH)–C–C–N with tert-alkyl or cyclic N) is 4. The zero-order valence-corrected chi connectivity index (χ0v) is 56.2. The van der Waals surface area contributed by atoms with Gasteiger partial charge in [-0.1, -0.05) is 55.4 Å². The summed E-state index contributed by atoms with van der Waals surface area (Å²) in [6.45, 7) is 50.9. The fraction of sp³-hybridized carbons (Fsp3) is 0.938. The van der Waals surface area contributed by atoms with Crippen molar-refractivity contribution in [3.63, 3.8) is 0 Å². The number of aliphatic imine (C=N–C) groups is 4. The van der Waals surface area contributed by atoms with E-state index in [9.17, 15) is 20.4 Å². The number of piperazine rings is 4. The first-order valence-corrected chi connectivity index (χ1v) is 33.4. The minimum atomic E-state index is -0.884. The van der Waals surface area contributed by atoms with E-state index in [4.69, 9.17) is 38.9 Å². The Labute approximate surface area is 517 Å². The highest BCUT2D eigenvalue weighted by Gasteiger charge is 2.35. The second-order valence-electron chi connectivity index (χ2n) is 27.6. The third-order valence-electron chi connectivity index (χ3n) is 16.6. The normalized spacial score (nSPS) is 21.5. The molecule has 0 radical (unpaired) electrons. The predicted molar refractivity (Wildman–Crippen MR) is 351 cm³/mol. The lowest BCUT2D eigenvalue weighted by Gasteiger charge is -2.37. The molecule has 4 heterocycles. The van der Waals surface area contributed by atoms with Crippen molar-refractivity contribution in [1.29, 1.82) is 0 Å². The lowest BCUT2D eigenvalue weighted by atomic mass is 9.92. The van der Waals surface area contributed by atoms with E-state index >= 15 is 0 Å². The molecular weight excluding hydrogens is 1080 g/mol. The molecule has 4 atom stereocenters. The summed E-state index contributed by atoms with van der Waals surface area (Å²) in [5, 5.41) is 45.8. The lowest BCUT2D eigenvalue weighted by molar-refractivity contribution is -0.135. The highest BCUT2D eigenvalue weighted by atomic mass is 16.5. The first-order chi connectivity index (χ1) is 40.6. The molecule has 0 aliphatic carbocycles. The van der Waals surface area contributed by atoms with Crippen LogP contribution in [-0.2, 0) is 18.9 Å². The Morgan fingerprint density at radius 2 is 0.494 bits per heavy atom. The predicted octanol–water partition coefficient (Wildman–Crippen LogP) is 3.98. The first kappa shape index (κ1) is 75.5. The average molecular weight is 1210 g/mol. The molecule has 0 aromatic carbocycles. The van der Waals surface area contributed by atoms with Crippen molar-refractivity contribution in [2.75, 3.05) is 236 Å². The average Bonchev–Trinajstić information content (AvgIpc) is 3.49. The molecule has 4 aliphatic heterocycles. The molecule has 20 heteroatoms. The molecule has 0 aromatic heterocycles. The van der Waals surface area contributed by atoms with Gasteiger partial charge in [-0.15, -0.1) is 0 Å². The van der Waals surface area contributed by atoms with Crippen molar-refractivity contribution >= 4 is 22.8 Å². The van der Waals surface area contributed by atoms with Gasteiger partial charge < -0.3 is 39.4 Å². The fourth-order valence-electron chi connectivity index (χ4n) is 12.2. The Morgan fingerprint density at radius 3 is 0.671 bits per heavy atom. The van der Waals surface area contributed by atoms with E-state index in [1.165, 1.54) is 22.8 Å². The molecule has 496 valence electrons. The third kappa shape index (κ3) is 35.3. The van der Waals surface area contributed by atoms with Gasteiger partial charge >= 0.3 is 0 Å². The summed E-state index contributed by atoms with van der Waals surface area (Å²) in [5.74, 6) is 2.44. The van der Waals surface area contributed by atoms with Crippen LogP contribution in [0.3, 0.4) is 0 Å². The van der Waals surface area contributed by atoms with Crippen molar-refractivity contribution in [1.82, 2.24) is 39.2 Å². The number of hydrogen-bond donors (Lipinski definition) is 4. The zero-order chi connectivity index (χ0) is 62.0. The SMILES string of the molecule is CC(CC(C)C)=NCCN1CCN(CC(O)COCC(COCC(O)CN2CCN(CC/N=C(/C)CC(C)C)CC2)(COCC(O)CN2CCN(CC/N=C(/C)CC(C)C)CC2)COCC(O)CN2CCN(CC/N=C(\C)CC(C)C)CC2)CC1. The maximum atomic E-state index is 11.4. The Bertz CT molecular complexity index is 1580. The largest absolute Gasteiger partial charge is 0.389 e. The van der Waals surface area contributed by atoms with Crippen molar-refractivity contribution in [2.45, 2.75) is 133 Å². The monoisotopic (exact) mass is 1200 g/mol. The molecule has 85 heavy (non-hydrogen) atoms. The van der Waals surface area contributed by atoms with Crippen LogP contribution in [0.15, 0.2) is 20.0 Å². The van der Waals surface area contributed by atoms with Crippen molar-refractivity contribution in [3.8, 4) is 0 Å². The molecule has 4 aliphatic rings. The van der Waals surface area contributed by atoms with E-state index in [-0.39, 0.29) is 52.9 Å². The van der Waals surface area contributed by atoms with Gasteiger partial charge in [-0.05, 0) is 77.0 Å². The summed E-state index contributed by atoms with van der Waals surface area (Å²) in [4.78, 5) is 38.3. The number of rotatable bonds is 44. The standard InChI is InChI=1S/C65H128N12O8/c1-53(2)37-57(9)66-13-17-70-21-29-74(30-22-70)41-61(78)45-82-49-65(50-83-46-62(79)42-75-31-23-71(24-32-75)18-14-67-58(10)38-54(3)4,51-84-47-63(80)43-76-33-25-72(26-34-76)19-15-68-59(11)39-55(5)6)52-85-48-64(81)44-77-35-27-73(28-36-77)20-16-69-60(12)40-56(7)8/h53-56,61-64,78-81H,13-52H2,1-12H3/b66-57-,67-58-,68-59+,69-60?. The van der Waals surface area contributed by atoms with Crippen LogP contribution in [0.5, 0.6) is 0 Å². The van der Waals surface area contributed by atoms with E-state index in [0.717, 1.165) is 183 Å². The molecule has 4 saturated heterocycles. The van der Waals surface area contributed by atoms with Crippen LogP contribution in [0.25, 0.3) is 0 Å². The topological polar surface area (TPSA) is 193 Å². The van der Waals surface area contributed by atoms with Gasteiger partial charge in [-0.2, -0.15) is 0 Å². The maximum Gasteiger partial charge on any atom is 0.0900 e. The Hall–Kier alpha value is -1.96. The second-order valence-corrected chi connectivity index (χ2v) is 27.6. The van der Waals surface area contributed by atoms with E-state index in [2.05, 4.69) is 122 Å². The molecule has 0 saturated carbocycles. The number of hydrogen-bond acceptors (Lipinski definition) is 20. The highest BCUT2D eigenvalue weighted by molar-refractivity contribution is 5.83. The minimum Gasteiger partial charge on any atom is -0.389 e. The van der Waals surface area contributed by atoms with Gasteiger partial charge in [0.2, 0.25) is 0 Å². The molecule has 0 amide bonds. The summed E-state index contributed by atoms with van der Waals surface area (Å²) in [5.41, 5.74) is 4.00. The smallest absolute Gasteiger partial charge is 0.0900 e. The van der Waals surface area contributed by atoms with Crippen LogP contribution < -0.4 is 0 Å². The second kappa shape index (κ2) is 42.9. The van der Waals surface area contributed by atoms with Crippen molar-refractivity contribution in [2.24, 2.45) is 49.1 Å². The van der Waals surface area contributed by atoms with Crippen LogP contribution in [0, 0.1) is 29.1 Å². The van der Waals surface area contributed by atoms with Gasteiger partial charge in [0, 0.05) is 180 Å². The summed E-state index contributed by atoms with van der Waals surface area (Å²) < 4.78 is 25.9. The number of aliphatic hydroxyl groups is 4. The van der Waals surface area contributed by atoms with Crippen LogP contribution in [0.1, 0.15) is 109 Å². The van der Waals surface area contributed by atoms with Crippen LogP contribution in [-0.4, -0.2) is 343 Å². The van der Waals surface area contributed by atoms with Gasteiger partial charge in [-0.25, -0.2) is 0 Å². The fourth-order valence-corrected chi connectivity index (χ4v) is 12.2. The molecule has 0 spiro atoms. The molecule has 20 nitrogen and oxygen atoms in total. The highest BCUT2D eigenvalue weighted by Crippen LogP contribution is 2.23. The van der Waals surface area contributed by atoms with Gasteiger partial charge in [-0.3, -0.25) is 59.2 Å². The van der Waals surface area contributed by atoms with E-state index in [1.54, 1.807) is 0 Å². The molecule has 0 bridgehead atoms. The quantitative estimate of drug-likeness (QED) is 0.0640. The summed E-state index contributed by atoms with van der Waals surface area (Å²) in [7, 11) is 0. The molecular formula is C65H128N12O8. The molecule has 4 unspecified atom stereocenters. The van der Waals surface area contributed by atoms with Gasteiger partial charge in [0.15, 0.2) is 0 Å². The van der Waals surface area contributed by atoms with Crippen LogP contribution >= 0.6 is 0 Å². The van der Waals surface area contributed by atoms with Gasteiger partial charge in [0.05, 0.1) is 109 Å². The first-order valence-electron chi connectivity index (χ1n) is 33.4. The summed E-state index contributed by atoms with van der Waals surface area (Å²) in [6.07, 6.45) is 1.28. The molecule has 4 N–H and O–H groups in total. The number of aliphatic hydroxyl groups excluding tert-OH is 4. The van der Waals surface area contributed by atoms with Crippen LogP contribution in [0.2, 0.25) is 0 Å². The van der Waals surface area contributed by atoms with Gasteiger partial charge in [0.25, 0.3) is 0 Å². The number of ether oxygens (including phenoxy) is 4. The van der Waals surface area contributed by atoms with Gasteiger partial charge in [0.1, 0.15) is 0 Å². The third-order valence-corrected chi connectivity index (χ3v) is 16.6. The Balaban J connectivity index is 1.38. The van der Waals surface area contributed by atoms with Crippen molar-refractivity contribution in [3.05, 3.63) is 0 Å². The van der Waals surface area contributed by atoms with Crippen molar-refractivity contribution < 1.29 is 39.4 Å².